The summed E-state index contributed by atoms with van der Waals surface area (Å²) in [6, 6.07) is 13.6. The van der Waals surface area contributed by atoms with Crippen LogP contribution in [0.5, 0.6) is 0 Å². The summed E-state index contributed by atoms with van der Waals surface area (Å²) in [4.78, 5) is 27.9. The van der Waals surface area contributed by atoms with Gasteiger partial charge in [-0.3, -0.25) is 14.5 Å². The first-order valence-electron chi connectivity index (χ1n) is 8.96. The predicted molar refractivity (Wildman–Crippen MR) is 105 cm³/mol. The molecule has 7 nitrogen and oxygen atoms in total. The van der Waals surface area contributed by atoms with Crippen LogP contribution in [0.15, 0.2) is 59.6 Å². The Balaban J connectivity index is 1.43. The number of aromatic amines is 1. The lowest BCUT2D eigenvalue weighted by atomic mass is 10.1. The van der Waals surface area contributed by atoms with Gasteiger partial charge in [-0.25, -0.2) is 13.1 Å². The van der Waals surface area contributed by atoms with Gasteiger partial charge in [0, 0.05) is 36.5 Å². The van der Waals surface area contributed by atoms with E-state index in [1.54, 1.807) is 0 Å². The third-order valence-corrected chi connectivity index (χ3v) is 6.30. The minimum atomic E-state index is -3.68. The summed E-state index contributed by atoms with van der Waals surface area (Å²) in [6.45, 7) is 0.259. The maximum atomic E-state index is 12.5. The highest BCUT2D eigenvalue weighted by Crippen LogP contribution is 2.24. The van der Waals surface area contributed by atoms with Crippen LogP contribution in [0.2, 0.25) is 0 Å². The number of benzene rings is 2. The van der Waals surface area contributed by atoms with Gasteiger partial charge >= 0.3 is 0 Å². The van der Waals surface area contributed by atoms with Crippen LogP contribution in [0.25, 0.3) is 10.9 Å². The molecule has 0 bridgehead atoms. The van der Waals surface area contributed by atoms with E-state index < -0.39 is 10.0 Å². The molecule has 0 atom stereocenters. The summed E-state index contributed by atoms with van der Waals surface area (Å²) in [6.07, 6.45) is 2.82. The number of rotatable bonds is 6. The van der Waals surface area contributed by atoms with Crippen molar-refractivity contribution in [2.24, 2.45) is 0 Å². The lowest BCUT2D eigenvalue weighted by Gasteiger charge is -2.14. The normalized spacial score (nSPS) is 14.9. The molecular formula is C20H19N3O4S. The van der Waals surface area contributed by atoms with E-state index in [9.17, 15) is 18.0 Å². The van der Waals surface area contributed by atoms with E-state index in [2.05, 4.69) is 9.71 Å². The number of carbonyl (C=O) groups is 2. The van der Waals surface area contributed by atoms with Gasteiger partial charge < -0.3 is 4.98 Å². The summed E-state index contributed by atoms with van der Waals surface area (Å²) in [5.41, 5.74) is 2.45. The fourth-order valence-corrected chi connectivity index (χ4v) is 4.41. The lowest BCUT2D eigenvalue weighted by Crippen LogP contribution is -2.29. The number of hydrogen-bond acceptors (Lipinski definition) is 4. The van der Waals surface area contributed by atoms with Gasteiger partial charge in [0.1, 0.15) is 0 Å². The molecule has 8 heteroatoms. The van der Waals surface area contributed by atoms with Crippen molar-refractivity contribution < 1.29 is 18.0 Å². The van der Waals surface area contributed by atoms with Crippen LogP contribution in [-0.2, 0) is 26.0 Å². The number of amides is 2. The predicted octanol–water partition coefficient (Wildman–Crippen LogP) is 2.34. The smallest absolute Gasteiger partial charge is 0.240 e. The Morgan fingerprint density at radius 3 is 2.36 bits per heavy atom. The van der Waals surface area contributed by atoms with Crippen LogP contribution in [0.1, 0.15) is 18.4 Å². The topological polar surface area (TPSA) is 99.3 Å². The molecule has 2 aromatic carbocycles. The molecule has 4 rings (SSSR count). The van der Waals surface area contributed by atoms with E-state index in [1.807, 2.05) is 30.5 Å². The highest BCUT2D eigenvalue weighted by atomic mass is 32.2. The number of para-hydroxylation sites is 1. The van der Waals surface area contributed by atoms with Crippen molar-refractivity contribution in [2.45, 2.75) is 24.2 Å². The molecule has 1 aliphatic heterocycles. The third kappa shape index (κ3) is 3.44. The van der Waals surface area contributed by atoms with E-state index in [0.29, 0.717) is 12.1 Å². The number of nitrogens with one attached hydrogen (secondary N) is 2. The number of H-pyrrole nitrogens is 1. The van der Waals surface area contributed by atoms with Crippen molar-refractivity contribution in [3.63, 3.8) is 0 Å². The number of fused-ring (bicyclic) bond motifs is 1. The minimum absolute atomic E-state index is 0.0919. The summed E-state index contributed by atoms with van der Waals surface area (Å²) >= 11 is 0. The Labute approximate surface area is 162 Å². The quantitative estimate of drug-likeness (QED) is 0.624. The molecule has 0 spiro atoms. The van der Waals surface area contributed by atoms with Crippen LogP contribution in [-0.4, -0.2) is 31.8 Å². The molecule has 1 aliphatic rings. The number of aromatic nitrogens is 1. The summed E-state index contributed by atoms with van der Waals surface area (Å²) < 4.78 is 27.6. The van der Waals surface area contributed by atoms with E-state index in [-0.39, 0.29) is 36.1 Å². The second kappa shape index (κ2) is 7.21. The molecule has 1 saturated heterocycles. The minimum Gasteiger partial charge on any atom is -0.361 e. The summed E-state index contributed by atoms with van der Waals surface area (Å²) in [5, 5.41) is 1.07. The molecule has 1 aromatic heterocycles. The van der Waals surface area contributed by atoms with E-state index in [0.717, 1.165) is 21.4 Å². The molecule has 2 N–H and O–H groups in total. The second-order valence-corrected chi connectivity index (χ2v) is 8.39. The van der Waals surface area contributed by atoms with Crippen LogP contribution in [0, 0.1) is 0 Å². The molecule has 0 aliphatic carbocycles. The van der Waals surface area contributed by atoms with E-state index >= 15 is 0 Å². The SMILES string of the molecule is O=C1CCC(=O)N1c1ccc(S(=O)(=O)NCCc2c[nH]c3ccccc23)cc1. The van der Waals surface area contributed by atoms with Crippen molar-refractivity contribution in [1.29, 1.82) is 0 Å². The van der Waals surface area contributed by atoms with Gasteiger partial charge in [0.25, 0.3) is 0 Å². The van der Waals surface area contributed by atoms with Gasteiger partial charge in [-0.1, -0.05) is 18.2 Å². The first kappa shape index (κ1) is 18.4. The van der Waals surface area contributed by atoms with Gasteiger partial charge in [-0.2, -0.15) is 0 Å². The maximum absolute atomic E-state index is 12.5. The zero-order chi connectivity index (χ0) is 19.7. The Hall–Kier alpha value is -2.97. The maximum Gasteiger partial charge on any atom is 0.240 e. The zero-order valence-corrected chi connectivity index (χ0v) is 15.8. The number of imide groups is 1. The van der Waals surface area contributed by atoms with Gasteiger partial charge in [0.15, 0.2) is 0 Å². The first-order valence-corrected chi connectivity index (χ1v) is 10.4. The average Bonchev–Trinajstić information content (AvgIpc) is 3.25. The Morgan fingerprint density at radius 1 is 0.964 bits per heavy atom. The molecular weight excluding hydrogens is 378 g/mol. The van der Waals surface area contributed by atoms with Gasteiger partial charge in [0.05, 0.1) is 10.6 Å². The molecule has 3 aromatic rings. The fraction of sp³-hybridized carbons (Fsp3) is 0.200. The fourth-order valence-electron chi connectivity index (χ4n) is 3.38. The standard InChI is InChI=1S/C20H19N3O4S/c24-19-9-10-20(25)23(19)15-5-7-16(8-6-15)28(26,27)22-12-11-14-13-21-18-4-2-1-3-17(14)18/h1-8,13,21-22H,9-12H2. The molecule has 2 amide bonds. The van der Waals surface area contributed by atoms with Gasteiger partial charge in [-0.15, -0.1) is 0 Å². The summed E-state index contributed by atoms with van der Waals surface area (Å²) in [7, 11) is -3.68. The Kier molecular flexibility index (Phi) is 4.74. The van der Waals surface area contributed by atoms with Crippen LogP contribution in [0.4, 0.5) is 5.69 Å². The van der Waals surface area contributed by atoms with Crippen molar-refractivity contribution in [3.8, 4) is 0 Å². The van der Waals surface area contributed by atoms with Crippen molar-refractivity contribution in [1.82, 2.24) is 9.71 Å². The highest BCUT2D eigenvalue weighted by molar-refractivity contribution is 7.89. The molecule has 0 saturated carbocycles. The number of hydrogen-bond donors (Lipinski definition) is 2. The number of nitrogens with zero attached hydrogens (tertiary/aromatic N) is 1. The number of sulfonamides is 1. The van der Waals surface area contributed by atoms with Crippen LogP contribution in [0.3, 0.4) is 0 Å². The number of carbonyl (C=O) groups excluding carboxylic acids is 2. The lowest BCUT2D eigenvalue weighted by molar-refractivity contribution is -0.121. The second-order valence-electron chi connectivity index (χ2n) is 6.62. The van der Waals surface area contributed by atoms with E-state index in [1.165, 1.54) is 24.3 Å². The molecule has 2 heterocycles. The first-order chi connectivity index (χ1) is 13.5. The van der Waals surface area contributed by atoms with Gasteiger partial charge in [-0.05, 0) is 42.3 Å². The molecule has 0 unspecified atom stereocenters. The van der Waals surface area contributed by atoms with Crippen LogP contribution < -0.4 is 9.62 Å². The van der Waals surface area contributed by atoms with Crippen molar-refractivity contribution in [2.75, 3.05) is 11.4 Å². The van der Waals surface area contributed by atoms with Gasteiger partial charge in [0.2, 0.25) is 21.8 Å². The Morgan fingerprint density at radius 2 is 1.64 bits per heavy atom. The molecule has 0 radical (unpaired) electrons. The molecule has 1 fully saturated rings. The molecule has 28 heavy (non-hydrogen) atoms. The van der Waals surface area contributed by atoms with E-state index in [4.69, 9.17) is 0 Å². The Bertz CT molecular complexity index is 1130. The zero-order valence-electron chi connectivity index (χ0n) is 15.0. The van der Waals surface area contributed by atoms with Crippen molar-refractivity contribution in [3.05, 3.63) is 60.3 Å². The highest BCUT2D eigenvalue weighted by Gasteiger charge is 2.30. The monoisotopic (exact) mass is 397 g/mol. The largest absolute Gasteiger partial charge is 0.361 e. The summed E-state index contributed by atoms with van der Waals surface area (Å²) in [5.74, 6) is -0.532. The third-order valence-electron chi connectivity index (χ3n) is 4.82. The van der Waals surface area contributed by atoms with Crippen molar-refractivity contribution >= 4 is 38.4 Å². The number of anilines is 1. The molecule has 144 valence electrons. The van der Waals surface area contributed by atoms with Crippen LogP contribution >= 0.6 is 0 Å². The average molecular weight is 397 g/mol.